The summed E-state index contributed by atoms with van der Waals surface area (Å²) in [6.45, 7) is 1.98. The van der Waals surface area contributed by atoms with Crippen molar-refractivity contribution in [3.8, 4) is 17.1 Å². The van der Waals surface area contributed by atoms with Gasteiger partial charge in [-0.3, -0.25) is 4.79 Å². The maximum absolute atomic E-state index is 12.1. The SMILES string of the molecule is COc1ccc(-c2noc(CCCC(=O)Nc3ccc(Br)c(C)c3)n2)cc1. The van der Waals surface area contributed by atoms with Crippen LogP contribution in [0.1, 0.15) is 24.3 Å². The molecule has 0 atom stereocenters. The molecule has 0 radical (unpaired) electrons. The van der Waals surface area contributed by atoms with Crippen molar-refractivity contribution < 1.29 is 14.1 Å². The number of ether oxygens (including phenoxy) is 1. The van der Waals surface area contributed by atoms with E-state index in [0.29, 0.717) is 31.0 Å². The summed E-state index contributed by atoms with van der Waals surface area (Å²) in [5, 5.41) is 6.89. The van der Waals surface area contributed by atoms with Gasteiger partial charge in [-0.1, -0.05) is 21.1 Å². The van der Waals surface area contributed by atoms with Gasteiger partial charge in [0.1, 0.15) is 5.75 Å². The first-order chi connectivity index (χ1) is 13.0. The second-order valence-corrected chi connectivity index (χ2v) is 6.96. The van der Waals surface area contributed by atoms with Gasteiger partial charge in [0.05, 0.1) is 7.11 Å². The van der Waals surface area contributed by atoms with Crippen molar-refractivity contribution in [1.82, 2.24) is 10.1 Å². The lowest BCUT2D eigenvalue weighted by atomic mass is 10.2. The van der Waals surface area contributed by atoms with Gasteiger partial charge in [-0.25, -0.2) is 0 Å². The standard InChI is InChI=1S/C20H20BrN3O3/c1-13-12-15(8-11-17(13)21)22-18(25)4-3-5-19-23-20(24-27-19)14-6-9-16(26-2)10-7-14/h6-12H,3-5H2,1-2H3,(H,22,25). The van der Waals surface area contributed by atoms with E-state index < -0.39 is 0 Å². The van der Waals surface area contributed by atoms with Gasteiger partial charge in [-0.15, -0.1) is 0 Å². The summed E-state index contributed by atoms with van der Waals surface area (Å²) >= 11 is 3.45. The Kier molecular flexibility index (Phi) is 6.24. The zero-order chi connectivity index (χ0) is 19.2. The predicted molar refractivity (Wildman–Crippen MR) is 107 cm³/mol. The Morgan fingerprint density at radius 3 is 2.70 bits per heavy atom. The zero-order valence-electron chi connectivity index (χ0n) is 15.2. The number of hydrogen-bond acceptors (Lipinski definition) is 5. The summed E-state index contributed by atoms with van der Waals surface area (Å²) in [7, 11) is 1.62. The highest BCUT2D eigenvalue weighted by Gasteiger charge is 2.10. The summed E-state index contributed by atoms with van der Waals surface area (Å²) in [6.07, 6.45) is 1.57. The molecule has 0 saturated heterocycles. The second-order valence-electron chi connectivity index (χ2n) is 6.11. The maximum Gasteiger partial charge on any atom is 0.226 e. The first-order valence-corrected chi connectivity index (χ1v) is 9.37. The molecular weight excluding hydrogens is 410 g/mol. The van der Waals surface area contributed by atoms with E-state index in [0.717, 1.165) is 27.0 Å². The lowest BCUT2D eigenvalue weighted by Crippen LogP contribution is -2.11. The number of halogens is 1. The van der Waals surface area contributed by atoms with Gasteiger partial charge in [-0.05, 0) is 61.4 Å². The minimum Gasteiger partial charge on any atom is -0.497 e. The van der Waals surface area contributed by atoms with Crippen molar-refractivity contribution in [1.29, 1.82) is 0 Å². The molecule has 6 nitrogen and oxygen atoms in total. The lowest BCUT2D eigenvalue weighted by molar-refractivity contribution is -0.116. The van der Waals surface area contributed by atoms with Crippen LogP contribution in [0.15, 0.2) is 51.5 Å². The predicted octanol–water partition coefficient (Wildman–Crippen LogP) is 4.78. The Morgan fingerprint density at radius 2 is 2.00 bits per heavy atom. The molecule has 0 bridgehead atoms. The topological polar surface area (TPSA) is 77.2 Å². The van der Waals surface area contributed by atoms with E-state index in [4.69, 9.17) is 9.26 Å². The fraction of sp³-hybridized carbons (Fsp3) is 0.250. The minimum absolute atomic E-state index is 0.0355. The lowest BCUT2D eigenvalue weighted by Gasteiger charge is -2.06. The molecule has 0 unspecified atom stereocenters. The van der Waals surface area contributed by atoms with Crippen LogP contribution in [0.4, 0.5) is 5.69 Å². The number of carbonyl (C=O) groups excluding carboxylic acids is 1. The van der Waals surface area contributed by atoms with Crippen LogP contribution < -0.4 is 10.1 Å². The number of hydrogen-bond donors (Lipinski definition) is 1. The minimum atomic E-state index is -0.0355. The highest BCUT2D eigenvalue weighted by Crippen LogP contribution is 2.21. The number of rotatable bonds is 7. The van der Waals surface area contributed by atoms with Crippen LogP contribution in [-0.4, -0.2) is 23.2 Å². The van der Waals surface area contributed by atoms with Crippen molar-refractivity contribution in [3.05, 3.63) is 58.4 Å². The Labute approximate surface area is 166 Å². The molecule has 0 fully saturated rings. The average Bonchev–Trinajstić information content (AvgIpc) is 3.14. The van der Waals surface area contributed by atoms with Crippen LogP contribution >= 0.6 is 15.9 Å². The third-order valence-corrected chi connectivity index (χ3v) is 4.94. The summed E-state index contributed by atoms with van der Waals surface area (Å²) in [4.78, 5) is 16.5. The van der Waals surface area contributed by atoms with Crippen molar-refractivity contribution in [2.45, 2.75) is 26.2 Å². The summed E-state index contributed by atoms with van der Waals surface area (Å²) in [5.41, 5.74) is 2.72. The van der Waals surface area contributed by atoms with E-state index in [1.807, 2.05) is 49.4 Å². The highest BCUT2D eigenvalue weighted by atomic mass is 79.9. The van der Waals surface area contributed by atoms with Crippen LogP contribution in [0, 0.1) is 6.92 Å². The highest BCUT2D eigenvalue weighted by molar-refractivity contribution is 9.10. The summed E-state index contributed by atoms with van der Waals surface area (Å²) < 4.78 is 11.4. The largest absolute Gasteiger partial charge is 0.497 e. The molecule has 1 heterocycles. The van der Waals surface area contributed by atoms with E-state index >= 15 is 0 Å². The van der Waals surface area contributed by atoms with E-state index in [1.165, 1.54) is 0 Å². The first kappa shape index (κ1) is 19.1. The Morgan fingerprint density at radius 1 is 1.22 bits per heavy atom. The number of amides is 1. The van der Waals surface area contributed by atoms with Gasteiger partial charge in [0.25, 0.3) is 0 Å². The van der Waals surface area contributed by atoms with Gasteiger partial charge < -0.3 is 14.6 Å². The van der Waals surface area contributed by atoms with Crippen molar-refractivity contribution in [2.75, 3.05) is 12.4 Å². The first-order valence-electron chi connectivity index (χ1n) is 8.58. The van der Waals surface area contributed by atoms with Crippen molar-refractivity contribution in [3.63, 3.8) is 0 Å². The maximum atomic E-state index is 12.1. The molecule has 1 N–H and O–H groups in total. The molecule has 0 aliphatic heterocycles. The van der Waals surface area contributed by atoms with Gasteiger partial charge in [-0.2, -0.15) is 4.98 Å². The van der Waals surface area contributed by atoms with Gasteiger partial charge >= 0.3 is 0 Å². The third-order valence-electron chi connectivity index (χ3n) is 4.05. The molecule has 1 amide bonds. The smallest absolute Gasteiger partial charge is 0.226 e. The molecule has 0 saturated carbocycles. The van der Waals surface area contributed by atoms with Gasteiger partial charge in [0, 0.05) is 28.6 Å². The van der Waals surface area contributed by atoms with E-state index in [2.05, 4.69) is 31.4 Å². The van der Waals surface area contributed by atoms with Crippen LogP contribution in [0.25, 0.3) is 11.4 Å². The van der Waals surface area contributed by atoms with Crippen molar-refractivity contribution >= 4 is 27.5 Å². The number of methoxy groups -OCH3 is 1. The fourth-order valence-electron chi connectivity index (χ4n) is 2.56. The van der Waals surface area contributed by atoms with Crippen LogP contribution in [0.5, 0.6) is 5.75 Å². The van der Waals surface area contributed by atoms with Gasteiger partial charge in [0.2, 0.25) is 17.6 Å². The monoisotopic (exact) mass is 429 g/mol. The molecule has 3 rings (SSSR count). The molecule has 27 heavy (non-hydrogen) atoms. The third kappa shape index (κ3) is 5.17. The Bertz CT molecular complexity index is 922. The van der Waals surface area contributed by atoms with Gasteiger partial charge in [0.15, 0.2) is 0 Å². The van der Waals surface area contributed by atoms with Crippen molar-refractivity contribution in [2.24, 2.45) is 0 Å². The normalized spacial score (nSPS) is 10.6. The molecule has 1 aromatic heterocycles. The molecule has 2 aromatic carbocycles. The van der Waals surface area contributed by atoms with E-state index in [1.54, 1.807) is 7.11 Å². The number of nitrogens with one attached hydrogen (secondary N) is 1. The van der Waals surface area contributed by atoms with Crippen LogP contribution in [0.3, 0.4) is 0 Å². The molecular formula is C20H20BrN3O3. The zero-order valence-corrected chi connectivity index (χ0v) is 16.7. The van der Waals surface area contributed by atoms with E-state index in [9.17, 15) is 4.79 Å². The molecule has 3 aromatic rings. The number of benzene rings is 2. The summed E-state index contributed by atoms with van der Waals surface area (Å²) in [6, 6.07) is 13.2. The molecule has 0 spiro atoms. The number of aryl methyl sites for hydroxylation is 2. The Hall–Kier alpha value is -2.67. The number of aromatic nitrogens is 2. The average molecular weight is 430 g/mol. The fourth-order valence-corrected chi connectivity index (χ4v) is 2.81. The Balaban J connectivity index is 1.49. The summed E-state index contributed by atoms with van der Waals surface area (Å²) in [5.74, 6) is 1.79. The number of nitrogens with zero attached hydrogens (tertiary/aromatic N) is 2. The van der Waals surface area contributed by atoms with Crippen LogP contribution in [-0.2, 0) is 11.2 Å². The molecule has 0 aliphatic carbocycles. The quantitative estimate of drug-likeness (QED) is 0.584. The molecule has 0 aliphatic rings. The second kappa shape index (κ2) is 8.81. The number of anilines is 1. The van der Waals surface area contributed by atoms with Crippen LogP contribution in [0.2, 0.25) is 0 Å². The van der Waals surface area contributed by atoms with E-state index in [-0.39, 0.29) is 5.91 Å². The molecule has 7 heteroatoms. The molecule has 140 valence electrons. The number of carbonyl (C=O) groups is 1.